The largest absolute Gasteiger partial charge is 0.478 e. The van der Waals surface area contributed by atoms with Gasteiger partial charge in [-0.15, -0.1) is 5.10 Å². The molecule has 0 saturated heterocycles. The minimum Gasteiger partial charge on any atom is -0.478 e. The molecule has 1 heterocycles. The summed E-state index contributed by atoms with van der Waals surface area (Å²) in [6.45, 7) is 0. The van der Waals surface area contributed by atoms with Crippen molar-refractivity contribution in [2.24, 2.45) is 0 Å². The molecule has 21 heavy (non-hydrogen) atoms. The topological polar surface area (TPSA) is 139 Å². The van der Waals surface area contributed by atoms with E-state index < -0.39 is 16.6 Å². The van der Waals surface area contributed by atoms with Crippen LogP contribution in [0.25, 0.3) is 0 Å². The summed E-state index contributed by atoms with van der Waals surface area (Å²) in [7, 11) is 0. The van der Waals surface area contributed by atoms with E-state index in [1.54, 1.807) is 6.07 Å². The number of nitriles is 1. The van der Waals surface area contributed by atoms with Crippen LogP contribution < -0.4 is 4.74 Å². The van der Waals surface area contributed by atoms with Crippen LogP contribution in [-0.2, 0) is 0 Å². The predicted octanol–water partition coefficient (Wildman–Crippen LogP) is 1.75. The molecule has 0 aliphatic carbocycles. The van der Waals surface area contributed by atoms with Crippen LogP contribution in [0.3, 0.4) is 0 Å². The number of nitrogens with zero attached hydrogens (tertiary/aromatic N) is 4. The zero-order valence-corrected chi connectivity index (χ0v) is 10.3. The maximum absolute atomic E-state index is 10.9. The van der Waals surface area contributed by atoms with E-state index in [9.17, 15) is 14.9 Å². The maximum atomic E-state index is 10.9. The molecule has 0 spiro atoms. The molecule has 0 bridgehead atoms. The molecule has 0 radical (unpaired) electrons. The molecule has 1 aromatic carbocycles. The molecule has 0 amide bonds. The van der Waals surface area contributed by atoms with Crippen molar-refractivity contribution in [2.75, 3.05) is 0 Å². The van der Waals surface area contributed by atoms with Gasteiger partial charge >= 0.3 is 11.7 Å². The number of carboxylic acid groups (broad SMARTS) is 1. The average Bonchev–Trinajstić information content (AvgIpc) is 2.47. The Hall–Kier alpha value is -3.54. The number of nitro groups is 1. The fourth-order valence-corrected chi connectivity index (χ4v) is 1.46. The first kappa shape index (κ1) is 13.9. The number of hydrogen-bond acceptors (Lipinski definition) is 7. The highest BCUT2D eigenvalue weighted by Gasteiger charge is 2.20. The van der Waals surface area contributed by atoms with E-state index in [2.05, 4.69) is 10.2 Å². The number of hydrogen-bond donors (Lipinski definition) is 1. The van der Waals surface area contributed by atoms with Crippen molar-refractivity contribution in [3.63, 3.8) is 0 Å². The first-order chi connectivity index (χ1) is 10.0. The smallest absolute Gasteiger partial charge is 0.335 e. The molecular weight excluding hydrogens is 280 g/mol. The van der Waals surface area contributed by atoms with Crippen LogP contribution in [0.1, 0.15) is 15.9 Å². The first-order valence-electron chi connectivity index (χ1n) is 5.44. The Morgan fingerprint density at radius 2 is 2.19 bits per heavy atom. The maximum Gasteiger partial charge on any atom is 0.335 e. The molecule has 0 atom stereocenters. The van der Waals surface area contributed by atoms with Gasteiger partial charge in [0.25, 0.3) is 5.88 Å². The predicted molar refractivity (Wildman–Crippen MR) is 66.9 cm³/mol. The molecule has 2 rings (SSSR count). The number of carbonyl (C=O) groups is 1. The van der Waals surface area contributed by atoms with Crippen LogP contribution in [0.2, 0.25) is 0 Å². The van der Waals surface area contributed by atoms with E-state index in [4.69, 9.17) is 15.1 Å². The van der Waals surface area contributed by atoms with Gasteiger partial charge in [-0.3, -0.25) is 10.1 Å². The zero-order chi connectivity index (χ0) is 15.4. The summed E-state index contributed by atoms with van der Waals surface area (Å²) in [5.74, 6) is -1.85. The second kappa shape index (κ2) is 5.62. The number of nitro benzene ring substituents is 1. The fourth-order valence-electron chi connectivity index (χ4n) is 1.46. The first-order valence-corrected chi connectivity index (χ1v) is 5.44. The average molecular weight is 286 g/mol. The third kappa shape index (κ3) is 2.90. The molecule has 2 aromatic rings. The molecule has 0 aliphatic heterocycles. The second-order valence-electron chi connectivity index (χ2n) is 3.71. The van der Waals surface area contributed by atoms with Crippen molar-refractivity contribution >= 4 is 11.7 Å². The summed E-state index contributed by atoms with van der Waals surface area (Å²) in [4.78, 5) is 21.1. The van der Waals surface area contributed by atoms with Gasteiger partial charge in [0.05, 0.1) is 16.7 Å². The van der Waals surface area contributed by atoms with E-state index >= 15 is 0 Å². The van der Waals surface area contributed by atoms with Gasteiger partial charge in [0.1, 0.15) is 11.6 Å². The van der Waals surface area contributed by atoms with Gasteiger partial charge in [-0.2, -0.15) is 10.4 Å². The Kier molecular flexibility index (Phi) is 3.71. The molecular formula is C12H6N4O5. The van der Waals surface area contributed by atoms with E-state index in [0.717, 1.165) is 18.2 Å². The van der Waals surface area contributed by atoms with Crippen LogP contribution in [0.5, 0.6) is 11.6 Å². The van der Waals surface area contributed by atoms with Gasteiger partial charge < -0.3 is 9.84 Å². The molecule has 9 heteroatoms. The molecule has 1 aromatic heterocycles. The summed E-state index contributed by atoms with van der Waals surface area (Å²) in [5, 5.41) is 35.8. The van der Waals surface area contributed by atoms with Gasteiger partial charge in [-0.1, -0.05) is 0 Å². The van der Waals surface area contributed by atoms with Crippen LogP contribution in [0, 0.1) is 21.4 Å². The molecule has 1 N–H and O–H groups in total. The lowest BCUT2D eigenvalue weighted by atomic mass is 10.2. The molecule has 9 nitrogen and oxygen atoms in total. The van der Waals surface area contributed by atoms with Gasteiger partial charge in [0, 0.05) is 12.1 Å². The lowest BCUT2D eigenvalue weighted by molar-refractivity contribution is -0.385. The minimum atomic E-state index is -1.27. The second-order valence-corrected chi connectivity index (χ2v) is 3.71. The molecule has 0 aliphatic rings. The normalized spacial score (nSPS) is 9.67. The summed E-state index contributed by atoms with van der Waals surface area (Å²) < 4.78 is 5.18. The third-order valence-electron chi connectivity index (χ3n) is 2.42. The number of rotatable bonds is 4. The van der Waals surface area contributed by atoms with Crippen molar-refractivity contribution < 1.29 is 19.6 Å². The Labute approximate surface area is 117 Å². The number of aromatic carboxylic acids is 1. The van der Waals surface area contributed by atoms with Crippen molar-refractivity contribution in [3.8, 4) is 17.7 Å². The number of ether oxygens (including phenoxy) is 1. The Balaban J connectivity index is 2.51. The Morgan fingerprint density at radius 1 is 1.43 bits per heavy atom. The van der Waals surface area contributed by atoms with E-state index in [-0.39, 0.29) is 22.8 Å². The molecule has 0 fully saturated rings. The standard InChI is InChI=1S/C12H6N4O5/c13-6-8-3-4-14-15-11(8)21-10-5-7(12(17)18)1-2-9(10)16(19)20/h1-5H,(H,17,18). The number of benzene rings is 1. The van der Waals surface area contributed by atoms with E-state index in [1.807, 2.05) is 0 Å². The monoisotopic (exact) mass is 286 g/mol. The van der Waals surface area contributed by atoms with Crippen LogP contribution in [-0.4, -0.2) is 26.2 Å². The number of aromatic nitrogens is 2. The molecule has 0 unspecified atom stereocenters. The van der Waals surface area contributed by atoms with E-state index in [0.29, 0.717) is 0 Å². The van der Waals surface area contributed by atoms with Gasteiger partial charge in [0.15, 0.2) is 0 Å². The SMILES string of the molecule is N#Cc1ccnnc1Oc1cc(C(=O)O)ccc1[N+](=O)[O-]. The summed E-state index contributed by atoms with van der Waals surface area (Å²) >= 11 is 0. The van der Waals surface area contributed by atoms with Crippen molar-refractivity contribution in [3.05, 3.63) is 51.7 Å². The minimum absolute atomic E-state index is 0.0139. The van der Waals surface area contributed by atoms with Crippen LogP contribution in [0.15, 0.2) is 30.5 Å². The number of carboxylic acids is 1. The van der Waals surface area contributed by atoms with Crippen LogP contribution in [0.4, 0.5) is 5.69 Å². The quantitative estimate of drug-likeness (QED) is 0.662. The van der Waals surface area contributed by atoms with Crippen molar-refractivity contribution in [1.29, 1.82) is 5.26 Å². The highest BCUT2D eigenvalue weighted by molar-refractivity contribution is 5.88. The van der Waals surface area contributed by atoms with Crippen molar-refractivity contribution in [2.45, 2.75) is 0 Å². The van der Waals surface area contributed by atoms with Crippen LogP contribution >= 0.6 is 0 Å². The Bertz CT molecular complexity index is 768. The fraction of sp³-hybridized carbons (Fsp3) is 0. The summed E-state index contributed by atoms with van der Waals surface area (Å²) in [6, 6.07) is 6.17. The third-order valence-corrected chi connectivity index (χ3v) is 2.42. The Morgan fingerprint density at radius 3 is 2.81 bits per heavy atom. The highest BCUT2D eigenvalue weighted by atomic mass is 16.6. The van der Waals surface area contributed by atoms with Gasteiger partial charge in [0.2, 0.25) is 5.75 Å². The van der Waals surface area contributed by atoms with Crippen molar-refractivity contribution in [1.82, 2.24) is 10.2 Å². The molecule has 104 valence electrons. The lowest BCUT2D eigenvalue weighted by Gasteiger charge is -2.06. The lowest BCUT2D eigenvalue weighted by Crippen LogP contribution is -2.01. The summed E-state index contributed by atoms with van der Waals surface area (Å²) in [5.41, 5.74) is -0.632. The zero-order valence-electron chi connectivity index (χ0n) is 10.3. The van der Waals surface area contributed by atoms with E-state index in [1.165, 1.54) is 12.3 Å². The molecule has 0 saturated carbocycles. The van der Waals surface area contributed by atoms with Gasteiger partial charge in [-0.05, 0) is 12.1 Å². The summed E-state index contributed by atoms with van der Waals surface area (Å²) in [6.07, 6.45) is 1.26. The highest BCUT2D eigenvalue weighted by Crippen LogP contribution is 2.32. The van der Waals surface area contributed by atoms with Gasteiger partial charge in [-0.25, -0.2) is 4.79 Å².